The predicted octanol–water partition coefficient (Wildman–Crippen LogP) is 4.32. The van der Waals surface area contributed by atoms with Gasteiger partial charge in [-0.1, -0.05) is 78.9 Å². The first-order valence-electron chi connectivity index (χ1n) is 12.7. The zero-order valence-electron chi connectivity index (χ0n) is 21.3. The van der Waals surface area contributed by atoms with Gasteiger partial charge in [-0.3, -0.25) is 9.59 Å². The molecule has 0 aromatic heterocycles. The van der Waals surface area contributed by atoms with E-state index in [4.69, 9.17) is 4.74 Å². The average Bonchev–Trinajstić information content (AvgIpc) is 2.98. The summed E-state index contributed by atoms with van der Waals surface area (Å²) in [5, 5.41) is 15.4. The summed E-state index contributed by atoms with van der Waals surface area (Å²) in [6, 6.07) is 32.0. The van der Waals surface area contributed by atoms with Crippen molar-refractivity contribution in [1.29, 1.82) is 0 Å². The van der Waals surface area contributed by atoms with Gasteiger partial charge in [-0.15, -0.1) is 0 Å². The average molecular weight is 523 g/mol. The summed E-state index contributed by atoms with van der Waals surface area (Å²) in [5.74, 6) is -1.20. The van der Waals surface area contributed by atoms with Gasteiger partial charge in [0.1, 0.15) is 18.4 Å². The summed E-state index contributed by atoms with van der Waals surface area (Å²) < 4.78 is 5.69. The monoisotopic (exact) mass is 522 g/mol. The maximum atomic E-state index is 13.3. The zero-order valence-corrected chi connectivity index (χ0v) is 21.3. The number of carbonyl (C=O) groups excluding carboxylic acids is 3. The van der Waals surface area contributed by atoms with Crippen LogP contribution in [0.1, 0.15) is 31.8 Å². The van der Waals surface area contributed by atoms with Gasteiger partial charge in [0.25, 0.3) is 11.8 Å². The molecule has 2 atom stereocenters. The summed E-state index contributed by atoms with van der Waals surface area (Å²) in [7, 11) is 0. The van der Waals surface area contributed by atoms with E-state index in [1.165, 1.54) is 12.1 Å². The molecule has 4 aromatic rings. The maximum Gasteiger partial charge on any atom is 0.329 e. The Bertz CT molecular complexity index is 1360. The van der Waals surface area contributed by atoms with Gasteiger partial charge in [-0.05, 0) is 53.9 Å². The van der Waals surface area contributed by atoms with Crippen molar-refractivity contribution >= 4 is 17.8 Å². The Morgan fingerprint density at radius 2 is 1.10 bits per heavy atom. The summed E-state index contributed by atoms with van der Waals surface area (Å²) in [5.41, 5.74) is 2.63. The lowest BCUT2D eigenvalue weighted by Gasteiger charge is -2.22. The molecule has 0 radical (unpaired) electrons. The van der Waals surface area contributed by atoms with E-state index in [9.17, 15) is 19.5 Å². The molecule has 0 aliphatic carbocycles. The van der Waals surface area contributed by atoms with E-state index in [0.717, 1.165) is 11.1 Å². The molecule has 0 heterocycles. The number of benzene rings is 4. The number of ether oxygens (including phenoxy) is 1. The lowest BCUT2D eigenvalue weighted by Crippen LogP contribution is -2.46. The molecule has 0 fully saturated rings. The van der Waals surface area contributed by atoms with Crippen LogP contribution in [-0.2, 0) is 22.4 Å². The highest BCUT2D eigenvalue weighted by Gasteiger charge is 2.25. The number of carbonyl (C=O) groups is 3. The molecule has 0 aliphatic rings. The number of phenols is 1. The number of phenolic OH excluding ortho intramolecular Hbond substituents is 1. The number of hydrogen-bond acceptors (Lipinski definition) is 5. The molecule has 3 N–H and O–H groups in total. The van der Waals surface area contributed by atoms with Crippen molar-refractivity contribution in [2.24, 2.45) is 0 Å². The SMILES string of the molecule is O=C(N[C@H](COC(=O)[C@@H](Cc1ccc(O)cc1)NC(=O)c1ccccc1)Cc1ccccc1)c1ccccc1. The summed E-state index contributed by atoms with van der Waals surface area (Å²) in [4.78, 5) is 39.0. The fraction of sp³-hybridized carbons (Fsp3) is 0.156. The van der Waals surface area contributed by atoms with E-state index in [-0.39, 0.29) is 24.7 Å². The van der Waals surface area contributed by atoms with Crippen LogP contribution in [0.3, 0.4) is 0 Å². The molecule has 4 aromatic carbocycles. The Hall–Kier alpha value is -4.91. The van der Waals surface area contributed by atoms with Gasteiger partial charge in [0.05, 0.1) is 6.04 Å². The quantitative estimate of drug-likeness (QED) is 0.255. The van der Waals surface area contributed by atoms with Crippen LogP contribution < -0.4 is 10.6 Å². The maximum absolute atomic E-state index is 13.3. The first-order chi connectivity index (χ1) is 19.0. The third-order valence-corrected chi connectivity index (χ3v) is 6.12. The molecular weight excluding hydrogens is 492 g/mol. The highest BCUT2D eigenvalue weighted by atomic mass is 16.5. The number of nitrogens with one attached hydrogen (secondary N) is 2. The Morgan fingerprint density at radius 1 is 0.615 bits per heavy atom. The van der Waals surface area contributed by atoms with Crippen LogP contribution in [0.2, 0.25) is 0 Å². The van der Waals surface area contributed by atoms with Crippen molar-refractivity contribution in [2.45, 2.75) is 24.9 Å². The van der Waals surface area contributed by atoms with Crippen molar-refractivity contribution in [3.05, 3.63) is 138 Å². The fourth-order valence-electron chi connectivity index (χ4n) is 4.08. The molecule has 7 heteroatoms. The van der Waals surface area contributed by atoms with Crippen LogP contribution in [0.25, 0.3) is 0 Å². The lowest BCUT2D eigenvalue weighted by atomic mass is 10.0. The first kappa shape index (κ1) is 27.1. The smallest absolute Gasteiger partial charge is 0.329 e. The van der Waals surface area contributed by atoms with E-state index in [2.05, 4.69) is 10.6 Å². The molecule has 0 bridgehead atoms. The van der Waals surface area contributed by atoms with Gasteiger partial charge >= 0.3 is 5.97 Å². The molecule has 0 unspecified atom stereocenters. The topological polar surface area (TPSA) is 105 Å². The first-order valence-corrected chi connectivity index (χ1v) is 12.7. The Labute approximate surface area is 227 Å². The minimum atomic E-state index is -0.982. The van der Waals surface area contributed by atoms with Gasteiger partial charge in [0, 0.05) is 17.5 Å². The van der Waals surface area contributed by atoms with Gasteiger partial charge in [0.15, 0.2) is 0 Å². The van der Waals surface area contributed by atoms with Crippen LogP contribution in [-0.4, -0.2) is 41.6 Å². The van der Waals surface area contributed by atoms with Crippen LogP contribution in [0.5, 0.6) is 5.75 Å². The van der Waals surface area contributed by atoms with Gasteiger partial charge in [0.2, 0.25) is 0 Å². The van der Waals surface area contributed by atoms with Gasteiger partial charge < -0.3 is 20.5 Å². The molecule has 0 spiro atoms. The Balaban J connectivity index is 1.48. The minimum absolute atomic E-state index is 0.0837. The van der Waals surface area contributed by atoms with Crippen molar-refractivity contribution in [3.8, 4) is 5.75 Å². The van der Waals surface area contributed by atoms with Crippen molar-refractivity contribution in [3.63, 3.8) is 0 Å². The molecule has 39 heavy (non-hydrogen) atoms. The highest BCUT2D eigenvalue weighted by molar-refractivity contribution is 5.97. The number of rotatable bonds is 11. The predicted molar refractivity (Wildman–Crippen MR) is 148 cm³/mol. The summed E-state index contributed by atoms with van der Waals surface area (Å²) in [6.45, 7) is -0.0837. The largest absolute Gasteiger partial charge is 0.508 e. The van der Waals surface area contributed by atoms with E-state index in [1.54, 1.807) is 66.7 Å². The minimum Gasteiger partial charge on any atom is -0.508 e. The van der Waals surface area contributed by atoms with Crippen molar-refractivity contribution < 1.29 is 24.2 Å². The van der Waals surface area contributed by atoms with Crippen molar-refractivity contribution in [2.75, 3.05) is 6.61 Å². The van der Waals surface area contributed by atoms with Crippen LogP contribution in [0.15, 0.2) is 115 Å². The Morgan fingerprint density at radius 3 is 1.67 bits per heavy atom. The highest BCUT2D eigenvalue weighted by Crippen LogP contribution is 2.13. The van der Waals surface area contributed by atoms with E-state index in [1.807, 2.05) is 36.4 Å². The third-order valence-electron chi connectivity index (χ3n) is 6.12. The fourth-order valence-corrected chi connectivity index (χ4v) is 4.08. The van der Waals surface area contributed by atoms with Crippen molar-refractivity contribution in [1.82, 2.24) is 10.6 Å². The van der Waals surface area contributed by atoms with Gasteiger partial charge in [-0.2, -0.15) is 0 Å². The third kappa shape index (κ3) is 8.30. The molecule has 0 saturated heterocycles. The summed E-state index contributed by atoms with van der Waals surface area (Å²) in [6.07, 6.45) is 0.614. The van der Waals surface area contributed by atoms with E-state index >= 15 is 0 Å². The second kappa shape index (κ2) is 13.6. The molecular formula is C32H30N2O5. The molecule has 198 valence electrons. The number of aromatic hydroxyl groups is 1. The molecule has 0 saturated carbocycles. The van der Waals surface area contributed by atoms with E-state index in [0.29, 0.717) is 17.5 Å². The Kier molecular flexibility index (Phi) is 9.45. The number of esters is 1. The van der Waals surface area contributed by atoms with Crippen LogP contribution >= 0.6 is 0 Å². The standard InChI is InChI=1S/C32H30N2O5/c35-28-18-16-24(17-19-28)21-29(34-31(37)26-14-8-3-9-15-26)32(38)39-22-27(20-23-10-4-1-5-11-23)33-30(36)25-12-6-2-7-13-25/h1-19,27,29,35H,20-22H2,(H,33,36)(H,34,37)/t27-,29+/m0/s1. The molecule has 2 amide bonds. The number of hydrogen-bond donors (Lipinski definition) is 3. The molecule has 0 aliphatic heterocycles. The second-order valence-electron chi connectivity index (χ2n) is 9.12. The zero-order chi connectivity index (χ0) is 27.5. The number of amides is 2. The second-order valence-corrected chi connectivity index (χ2v) is 9.12. The van der Waals surface area contributed by atoms with Crippen LogP contribution in [0.4, 0.5) is 0 Å². The van der Waals surface area contributed by atoms with E-state index < -0.39 is 24.0 Å². The van der Waals surface area contributed by atoms with Gasteiger partial charge in [-0.25, -0.2) is 4.79 Å². The summed E-state index contributed by atoms with van der Waals surface area (Å²) >= 11 is 0. The normalized spacial score (nSPS) is 12.1. The molecule has 4 rings (SSSR count). The lowest BCUT2D eigenvalue weighted by molar-refractivity contribution is -0.146. The molecule has 7 nitrogen and oxygen atoms in total. The van der Waals surface area contributed by atoms with Crippen LogP contribution in [0, 0.1) is 0 Å².